The summed E-state index contributed by atoms with van der Waals surface area (Å²) in [6, 6.07) is 8.79. The van der Waals surface area contributed by atoms with Crippen LogP contribution in [0, 0.1) is 0 Å². The van der Waals surface area contributed by atoms with E-state index in [1.54, 1.807) is 0 Å². The standard InChI is InChI=1S/C21H33N3O2/c1-20(2,3)26-19(25)23-13-6-11-21(16-23)12-14-24(21)15-17-7-9-18(10-8-17)22(4)5/h7-10H,6,11-16H2,1-5H3. The van der Waals surface area contributed by atoms with Gasteiger partial charge in [-0.25, -0.2) is 4.79 Å². The van der Waals surface area contributed by atoms with Crippen LogP contribution in [0.25, 0.3) is 0 Å². The van der Waals surface area contributed by atoms with Gasteiger partial charge in [0.05, 0.1) is 0 Å². The number of rotatable bonds is 3. The van der Waals surface area contributed by atoms with Crippen molar-refractivity contribution in [2.45, 2.75) is 57.7 Å². The molecular formula is C21H33N3O2. The molecule has 2 aliphatic rings. The first-order valence-corrected chi connectivity index (χ1v) is 9.68. The van der Waals surface area contributed by atoms with E-state index in [9.17, 15) is 4.79 Å². The molecule has 1 unspecified atom stereocenters. The molecule has 3 rings (SSSR count). The number of nitrogens with zero attached hydrogens (tertiary/aromatic N) is 3. The second-order valence-corrected chi connectivity index (χ2v) is 8.96. The van der Waals surface area contributed by atoms with Crippen LogP contribution >= 0.6 is 0 Å². The Morgan fingerprint density at radius 3 is 2.38 bits per heavy atom. The van der Waals surface area contributed by atoms with Crippen LogP contribution in [-0.4, -0.2) is 60.8 Å². The number of carbonyl (C=O) groups is 1. The fraction of sp³-hybridized carbons (Fsp3) is 0.667. The molecule has 0 N–H and O–H groups in total. The summed E-state index contributed by atoms with van der Waals surface area (Å²) >= 11 is 0. The van der Waals surface area contributed by atoms with Gasteiger partial charge in [-0.1, -0.05) is 12.1 Å². The molecule has 0 aromatic heterocycles. The number of anilines is 1. The molecule has 1 spiro atoms. The smallest absolute Gasteiger partial charge is 0.410 e. The molecule has 1 atom stereocenters. The lowest BCUT2D eigenvalue weighted by Crippen LogP contribution is -2.67. The first kappa shape index (κ1) is 19.0. The number of benzene rings is 1. The van der Waals surface area contributed by atoms with Gasteiger partial charge in [-0.15, -0.1) is 0 Å². The van der Waals surface area contributed by atoms with Crippen molar-refractivity contribution >= 4 is 11.8 Å². The van der Waals surface area contributed by atoms with E-state index in [4.69, 9.17) is 4.74 Å². The van der Waals surface area contributed by atoms with E-state index in [1.807, 2.05) is 25.7 Å². The summed E-state index contributed by atoms with van der Waals surface area (Å²) in [6.07, 6.45) is 3.22. The van der Waals surface area contributed by atoms with Gasteiger partial charge in [0.2, 0.25) is 0 Å². The SMILES string of the molecule is CN(C)c1ccc(CN2CCC23CCCN(C(=O)OC(C)(C)C)C3)cc1. The highest BCUT2D eigenvalue weighted by Crippen LogP contribution is 2.40. The number of piperidine rings is 1. The maximum absolute atomic E-state index is 12.5. The first-order chi connectivity index (χ1) is 12.2. The predicted molar refractivity (Wildman–Crippen MR) is 106 cm³/mol. The summed E-state index contributed by atoms with van der Waals surface area (Å²) in [6.45, 7) is 9.44. The Morgan fingerprint density at radius 1 is 1.15 bits per heavy atom. The molecule has 0 aliphatic carbocycles. The minimum Gasteiger partial charge on any atom is -0.444 e. The average molecular weight is 360 g/mol. The zero-order valence-electron chi connectivity index (χ0n) is 16.9. The maximum Gasteiger partial charge on any atom is 0.410 e. The average Bonchev–Trinajstić information content (AvgIpc) is 2.58. The molecule has 0 saturated carbocycles. The van der Waals surface area contributed by atoms with Crippen molar-refractivity contribution < 1.29 is 9.53 Å². The van der Waals surface area contributed by atoms with E-state index >= 15 is 0 Å². The molecule has 0 radical (unpaired) electrons. The van der Waals surface area contributed by atoms with Gasteiger partial charge in [-0.2, -0.15) is 0 Å². The van der Waals surface area contributed by atoms with Crippen molar-refractivity contribution in [1.29, 1.82) is 0 Å². The zero-order valence-corrected chi connectivity index (χ0v) is 16.9. The van der Waals surface area contributed by atoms with Gasteiger partial charge in [-0.05, 0) is 57.7 Å². The first-order valence-electron chi connectivity index (χ1n) is 9.68. The van der Waals surface area contributed by atoms with Crippen LogP contribution in [0.1, 0.15) is 45.6 Å². The Labute approximate surface area is 157 Å². The summed E-state index contributed by atoms with van der Waals surface area (Å²) in [5.41, 5.74) is 2.26. The normalized spacial score (nSPS) is 23.7. The van der Waals surface area contributed by atoms with E-state index in [1.165, 1.54) is 24.1 Å². The lowest BCUT2D eigenvalue weighted by Gasteiger charge is -2.57. The third kappa shape index (κ3) is 4.14. The summed E-state index contributed by atoms with van der Waals surface area (Å²) in [4.78, 5) is 19.1. The van der Waals surface area contributed by atoms with Gasteiger partial charge >= 0.3 is 6.09 Å². The van der Waals surface area contributed by atoms with E-state index < -0.39 is 5.60 Å². The molecule has 5 nitrogen and oxygen atoms in total. The number of carbonyl (C=O) groups excluding carboxylic acids is 1. The number of ether oxygens (including phenoxy) is 1. The Hall–Kier alpha value is -1.75. The van der Waals surface area contributed by atoms with Crippen LogP contribution in [0.15, 0.2) is 24.3 Å². The van der Waals surface area contributed by atoms with Crippen molar-refractivity contribution in [3.63, 3.8) is 0 Å². The van der Waals surface area contributed by atoms with Crippen molar-refractivity contribution in [2.75, 3.05) is 38.6 Å². The molecular weight excluding hydrogens is 326 g/mol. The highest BCUT2D eigenvalue weighted by Gasteiger charge is 2.48. The lowest BCUT2D eigenvalue weighted by atomic mass is 9.77. The van der Waals surface area contributed by atoms with Crippen LogP contribution < -0.4 is 4.90 Å². The van der Waals surface area contributed by atoms with Crippen molar-refractivity contribution in [2.24, 2.45) is 0 Å². The summed E-state index contributed by atoms with van der Waals surface area (Å²) in [7, 11) is 4.12. The van der Waals surface area contributed by atoms with Crippen LogP contribution in [0.5, 0.6) is 0 Å². The Balaban J connectivity index is 1.63. The van der Waals surface area contributed by atoms with Crippen molar-refractivity contribution in [1.82, 2.24) is 9.80 Å². The number of likely N-dealkylation sites (tertiary alicyclic amines) is 2. The number of amides is 1. The van der Waals surface area contributed by atoms with E-state index in [0.717, 1.165) is 32.6 Å². The topological polar surface area (TPSA) is 36.0 Å². The predicted octanol–water partition coefficient (Wildman–Crippen LogP) is 3.73. The maximum atomic E-state index is 12.5. The highest BCUT2D eigenvalue weighted by atomic mass is 16.6. The summed E-state index contributed by atoms with van der Waals surface area (Å²) in [5.74, 6) is 0. The lowest BCUT2D eigenvalue weighted by molar-refractivity contribution is -0.0744. The molecule has 0 bridgehead atoms. The van der Waals surface area contributed by atoms with Crippen LogP contribution in [0.3, 0.4) is 0 Å². The van der Waals surface area contributed by atoms with Crippen molar-refractivity contribution in [3.8, 4) is 0 Å². The van der Waals surface area contributed by atoms with Gasteiger partial charge < -0.3 is 14.5 Å². The molecule has 2 saturated heterocycles. The molecule has 26 heavy (non-hydrogen) atoms. The number of hydrogen-bond acceptors (Lipinski definition) is 4. The largest absolute Gasteiger partial charge is 0.444 e. The molecule has 2 heterocycles. The second kappa shape index (κ2) is 7.10. The van der Waals surface area contributed by atoms with Crippen LogP contribution in [0.2, 0.25) is 0 Å². The molecule has 2 fully saturated rings. The third-order valence-corrected chi connectivity index (χ3v) is 5.55. The molecule has 5 heteroatoms. The van der Waals surface area contributed by atoms with Gasteiger partial charge in [0, 0.05) is 51.5 Å². The molecule has 144 valence electrons. The molecule has 1 amide bonds. The van der Waals surface area contributed by atoms with E-state index in [0.29, 0.717) is 0 Å². The zero-order chi connectivity index (χ0) is 18.9. The Bertz CT molecular complexity index is 636. The summed E-state index contributed by atoms with van der Waals surface area (Å²) < 4.78 is 5.59. The summed E-state index contributed by atoms with van der Waals surface area (Å²) in [5, 5.41) is 0. The van der Waals surface area contributed by atoms with Gasteiger partial charge in [0.15, 0.2) is 0 Å². The fourth-order valence-corrected chi connectivity index (χ4v) is 4.01. The van der Waals surface area contributed by atoms with Gasteiger partial charge in [0.1, 0.15) is 5.60 Å². The van der Waals surface area contributed by atoms with Crippen molar-refractivity contribution in [3.05, 3.63) is 29.8 Å². The van der Waals surface area contributed by atoms with Crippen LogP contribution in [-0.2, 0) is 11.3 Å². The molecule has 1 aromatic carbocycles. The number of hydrogen-bond donors (Lipinski definition) is 0. The second-order valence-electron chi connectivity index (χ2n) is 8.96. The minimum atomic E-state index is -0.435. The monoisotopic (exact) mass is 359 g/mol. The van der Waals surface area contributed by atoms with Crippen LogP contribution in [0.4, 0.5) is 10.5 Å². The highest BCUT2D eigenvalue weighted by molar-refractivity contribution is 5.68. The third-order valence-electron chi connectivity index (χ3n) is 5.55. The van der Waals surface area contributed by atoms with E-state index in [-0.39, 0.29) is 11.6 Å². The molecule has 1 aromatic rings. The van der Waals surface area contributed by atoms with Gasteiger partial charge in [0.25, 0.3) is 0 Å². The Morgan fingerprint density at radius 2 is 1.85 bits per heavy atom. The Kier molecular flexibility index (Phi) is 5.20. The quantitative estimate of drug-likeness (QED) is 0.824. The fourth-order valence-electron chi connectivity index (χ4n) is 4.01. The molecule has 2 aliphatic heterocycles. The van der Waals surface area contributed by atoms with Gasteiger partial charge in [-0.3, -0.25) is 4.90 Å². The van der Waals surface area contributed by atoms with E-state index in [2.05, 4.69) is 48.2 Å². The minimum absolute atomic E-state index is 0.134.